The molecule has 0 heterocycles. The predicted octanol–water partition coefficient (Wildman–Crippen LogP) is 3.92. The van der Waals surface area contributed by atoms with E-state index in [9.17, 15) is 22.7 Å². The van der Waals surface area contributed by atoms with Gasteiger partial charge in [0.1, 0.15) is 11.6 Å². The number of aliphatic carboxylic acids is 1. The van der Waals surface area contributed by atoms with Crippen molar-refractivity contribution in [3.8, 4) is 5.75 Å². The zero-order valence-corrected chi connectivity index (χ0v) is 17.6. The third-order valence-electron chi connectivity index (χ3n) is 5.63. The molecule has 0 aromatic heterocycles. The first-order valence-corrected chi connectivity index (χ1v) is 11.3. The van der Waals surface area contributed by atoms with Gasteiger partial charge in [-0.3, -0.25) is 4.79 Å². The van der Waals surface area contributed by atoms with Gasteiger partial charge >= 0.3 is 5.97 Å². The molecule has 30 heavy (non-hydrogen) atoms. The van der Waals surface area contributed by atoms with Gasteiger partial charge in [0.2, 0.25) is 10.0 Å². The second-order valence-corrected chi connectivity index (χ2v) is 9.59. The Kier molecular flexibility index (Phi) is 7.10. The van der Waals surface area contributed by atoms with Gasteiger partial charge < -0.3 is 9.84 Å². The quantitative estimate of drug-likeness (QED) is 0.680. The Morgan fingerprint density at radius 1 is 1.07 bits per heavy atom. The molecule has 0 bridgehead atoms. The molecule has 0 aliphatic heterocycles. The molecule has 1 fully saturated rings. The summed E-state index contributed by atoms with van der Waals surface area (Å²) in [6, 6.07) is 12.0. The Bertz CT molecular complexity index is 952. The Hall–Kier alpha value is -2.45. The van der Waals surface area contributed by atoms with Gasteiger partial charge in [0.25, 0.3) is 0 Å². The minimum atomic E-state index is -3.80. The maximum atomic E-state index is 13.4. The van der Waals surface area contributed by atoms with E-state index in [-0.39, 0.29) is 35.6 Å². The molecule has 1 aliphatic carbocycles. The minimum Gasteiger partial charge on any atom is -0.497 e. The molecular formula is C22H26FNO5S. The largest absolute Gasteiger partial charge is 0.497 e. The van der Waals surface area contributed by atoms with Crippen molar-refractivity contribution in [2.45, 2.75) is 37.1 Å². The number of hydrogen-bond donors (Lipinski definition) is 1. The van der Waals surface area contributed by atoms with Crippen molar-refractivity contribution in [3.63, 3.8) is 0 Å². The van der Waals surface area contributed by atoms with Gasteiger partial charge in [-0.05, 0) is 73.6 Å². The van der Waals surface area contributed by atoms with Crippen LogP contribution in [0.25, 0.3) is 0 Å². The summed E-state index contributed by atoms with van der Waals surface area (Å²) in [4.78, 5) is 11.4. The molecule has 1 aliphatic rings. The highest BCUT2D eigenvalue weighted by Gasteiger charge is 2.31. The standard InChI is InChI=1S/C22H26FNO5S/c1-29-20-10-12-21(13-11-20)30(27,28)24(15-17-4-8-19(23)9-5-17)14-16-2-6-18(7-3-16)22(25)26/h4-5,8-13,16,18H,2-3,6-7,14-15H2,1H3,(H,25,26). The SMILES string of the molecule is COc1ccc(S(=O)(=O)N(Cc2ccc(F)cc2)CC2CCC(C(=O)O)CC2)cc1. The summed E-state index contributed by atoms with van der Waals surface area (Å²) in [5, 5.41) is 9.20. The van der Waals surface area contributed by atoms with Crippen LogP contribution in [0.2, 0.25) is 0 Å². The molecule has 2 aromatic rings. The summed E-state index contributed by atoms with van der Waals surface area (Å²) in [5.41, 5.74) is 0.688. The van der Waals surface area contributed by atoms with Crippen LogP contribution in [0.4, 0.5) is 4.39 Å². The number of halogens is 1. The number of sulfonamides is 1. The van der Waals surface area contributed by atoms with Crippen LogP contribution in [0.5, 0.6) is 5.75 Å². The molecule has 2 aromatic carbocycles. The van der Waals surface area contributed by atoms with Crippen LogP contribution in [0.3, 0.4) is 0 Å². The normalized spacial score (nSPS) is 19.6. The molecule has 0 amide bonds. The van der Waals surface area contributed by atoms with E-state index >= 15 is 0 Å². The van der Waals surface area contributed by atoms with Crippen LogP contribution in [-0.2, 0) is 21.4 Å². The molecule has 0 atom stereocenters. The summed E-state index contributed by atoms with van der Waals surface area (Å²) in [6.07, 6.45) is 2.42. The molecular weight excluding hydrogens is 409 g/mol. The van der Waals surface area contributed by atoms with Crippen LogP contribution < -0.4 is 4.74 Å². The average molecular weight is 436 g/mol. The number of carboxylic acid groups (broad SMARTS) is 1. The number of rotatable bonds is 8. The predicted molar refractivity (Wildman–Crippen MR) is 110 cm³/mol. The maximum absolute atomic E-state index is 13.4. The van der Waals surface area contributed by atoms with Crippen molar-refractivity contribution in [2.75, 3.05) is 13.7 Å². The monoisotopic (exact) mass is 435 g/mol. The van der Waals surface area contributed by atoms with E-state index < -0.39 is 16.0 Å². The smallest absolute Gasteiger partial charge is 0.306 e. The van der Waals surface area contributed by atoms with E-state index in [1.165, 1.54) is 35.7 Å². The number of hydrogen-bond acceptors (Lipinski definition) is 4. The van der Waals surface area contributed by atoms with Crippen molar-refractivity contribution in [3.05, 3.63) is 59.9 Å². The highest BCUT2D eigenvalue weighted by molar-refractivity contribution is 7.89. The third-order valence-corrected chi connectivity index (χ3v) is 7.45. The van der Waals surface area contributed by atoms with Crippen LogP contribution in [0.15, 0.2) is 53.4 Å². The van der Waals surface area contributed by atoms with E-state index in [0.29, 0.717) is 37.0 Å². The van der Waals surface area contributed by atoms with Gasteiger partial charge in [-0.1, -0.05) is 12.1 Å². The topological polar surface area (TPSA) is 83.9 Å². The van der Waals surface area contributed by atoms with Crippen LogP contribution in [0.1, 0.15) is 31.2 Å². The molecule has 1 N–H and O–H groups in total. The van der Waals surface area contributed by atoms with Gasteiger partial charge in [0.05, 0.1) is 17.9 Å². The summed E-state index contributed by atoms with van der Waals surface area (Å²) in [5.74, 6) is -0.886. The number of carboxylic acids is 1. The number of benzene rings is 2. The lowest BCUT2D eigenvalue weighted by molar-refractivity contribution is -0.143. The molecule has 3 rings (SSSR count). The highest BCUT2D eigenvalue weighted by Crippen LogP contribution is 2.31. The number of carbonyl (C=O) groups is 1. The molecule has 0 saturated heterocycles. The number of methoxy groups -OCH3 is 1. The van der Waals surface area contributed by atoms with E-state index in [0.717, 1.165) is 0 Å². The van der Waals surface area contributed by atoms with Crippen LogP contribution >= 0.6 is 0 Å². The zero-order valence-electron chi connectivity index (χ0n) is 16.8. The molecule has 0 radical (unpaired) electrons. The van der Waals surface area contributed by atoms with Crippen molar-refractivity contribution in [1.29, 1.82) is 0 Å². The van der Waals surface area contributed by atoms with Gasteiger partial charge in [-0.15, -0.1) is 0 Å². The lowest BCUT2D eigenvalue weighted by Crippen LogP contribution is -2.36. The fourth-order valence-electron chi connectivity index (χ4n) is 3.82. The number of ether oxygens (including phenoxy) is 1. The molecule has 0 spiro atoms. The van der Waals surface area contributed by atoms with Crippen LogP contribution in [-0.4, -0.2) is 37.5 Å². The first kappa shape index (κ1) is 22.2. The molecule has 8 heteroatoms. The first-order valence-electron chi connectivity index (χ1n) is 9.91. The molecule has 0 unspecified atom stereocenters. The summed E-state index contributed by atoms with van der Waals surface area (Å²) in [7, 11) is -2.28. The Labute approximate surface area is 176 Å². The summed E-state index contributed by atoms with van der Waals surface area (Å²) < 4.78 is 46.5. The minimum absolute atomic E-state index is 0.0778. The lowest BCUT2D eigenvalue weighted by Gasteiger charge is -2.31. The van der Waals surface area contributed by atoms with E-state index in [1.54, 1.807) is 24.3 Å². The Morgan fingerprint density at radius 2 is 1.67 bits per heavy atom. The molecule has 6 nitrogen and oxygen atoms in total. The van der Waals surface area contributed by atoms with Gasteiger partial charge in [-0.25, -0.2) is 12.8 Å². The lowest BCUT2D eigenvalue weighted by atomic mass is 9.82. The van der Waals surface area contributed by atoms with Crippen molar-refractivity contribution in [2.24, 2.45) is 11.8 Å². The van der Waals surface area contributed by atoms with Crippen LogP contribution in [0, 0.1) is 17.7 Å². The van der Waals surface area contributed by atoms with E-state index in [2.05, 4.69) is 0 Å². The van der Waals surface area contributed by atoms with Gasteiger partial charge in [-0.2, -0.15) is 4.31 Å². The number of nitrogens with zero attached hydrogens (tertiary/aromatic N) is 1. The fourth-order valence-corrected chi connectivity index (χ4v) is 5.32. The second-order valence-electron chi connectivity index (χ2n) is 7.66. The second kappa shape index (κ2) is 9.57. The van der Waals surface area contributed by atoms with Crippen molar-refractivity contribution < 1.29 is 27.4 Å². The zero-order chi connectivity index (χ0) is 21.7. The Balaban J connectivity index is 1.82. The highest BCUT2D eigenvalue weighted by atomic mass is 32.2. The van der Waals surface area contributed by atoms with Gasteiger partial charge in [0.15, 0.2) is 0 Å². The average Bonchev–Trinajstić information content (AvgIpc) is 2.75. The third kappa shape index (κ3) is 5.37. The Morgan fingerprint density at radius 3 is 2.20 bits per heavy atom. The summed E-state index contributed by atoms with van der Waals surface area (Å²) in [6.45, 7) is 0.408. The van der Waals surface area contributed by atoms with Crippen molar-refractivity contribution >= 4 is 16.0 Å². The first-order chi connectivity index (χ1) is 14.3. The molecule has 162 valence electrons. The fraction of sp³-hybridized carbons (Fsp3) is 0.409. The molecule has 1 saturated carbocycles. The van der Waals surface area contributed by atoms with E-state index in [1.807, 2.05) is 0 Å². The van der Waals surface area contributed by atoms with Gasteiger partial charge in [0, 0.05) is 13.1 Å². The van der Waals surface area contributed by atoms with Crippen molar-refractivity contribution in [1.82, 2.24) is 4.31 Å². The maximum Gasteiger partial charge on any atom is 0.306 e. The van der Waals surface area contributed by atoms with E-state index in [4.69, 9.17) is 4.74 Å². The summed E-state index contributed by atoms with van der Waals surface area (Å²) >= 11 is 0.